The Bertz CT molecular complexity index is 981. The molecule has 1 heterocycles. The molecule has 194 valence electrons. The average Bonchev–Trinajstić information content (AvgIpc) is 3.14. The average molecular weight is 485 g/mol. The summed E-state index contributed by atoms with van der Waals surface area (Å²) in [4.78, 5) is 27.8. The minimum Gasteiger partial charge on any atom is -0.383 e. The second kappa shape index (κ2) is 11.8. The summed E-state index contributed by atoms with van der Waals surface area (Å²) >= 11 is 0. The maximum absolute atomic E-state index is 13.1. The van der Waals surface area contributed by atoms with Crippen LogP contribution in [0.25, 0.3) is 5.69 Å². The van der Waals surface area contributed by atoms with Crippen molar-refractivity contribution in [1.82, 2.24) is 14.7 Å². The zero-order valence-corrected chi connectivity index (χ0v) is 23.1. The van der Waals surface area contributed by atoms with Gasteiger partial charge in [0, 0.05) is 31.6 Å². The van der Waals surface area contributed by atoms with Crippen LogP contribution in [0.15, 0.2) is 30.3 Å². The number of anilines is 1. The van der Waals surface area contributed by atoms with Crippen molar-refractivity contribution in [2.45, 2.75) is 73.6 Å². The van der Waals surface area contributed by atoms with Crippen molar-refractivity contribution in [2.75, 3.05) is 32.1 Å². The highest BCUT2D eigenvalue weighted by molar-refractivity contribution is 5.94. The van der Waals surface area contributed by atoms with Gasteiger partial charge in [0.1, 0.15) is 5.82 Å². The number of hydrogen-bond donors (Lipinski definition) is 1. The van der Waals surface area contributed by atoms with E-state index in [4.69, 9.17) is 9.84 Å². The molecule has 0 aliphatic heterocycles. The Morgan fingerprint density at radius 3 is 2.29 bits per heavy atom. The molecule has 7 heteroatoms. The van der Waals surface area contributed by atoms with E-state index in [0.29, 0.717) is 25.4 Å². The van der Waals surface area contributed by atoms with Crippen LogP contribution in [-0.4, -0.2) is 53.3 Å². The number of rotatable bonds is 10. The minimum absolute atomic E-state index is 0.0311. The summed E-state index contributed by atoms with van der Waals surface area (Å²) in [6, 6.07) is 9.90. The number of benzene rings is 1. The first-order chi connectivity index (χ1) is 16.2. The largest absolute Gasteiger partial charge is 0.383 e. The normalized spacial score (nSPS) is 12.9. The van der Waals surface area contributed by atoms with Crippen LogP contribution in [0.3, 0.4) is 0 Å². The molecule has 1 aromatic heterocycles. The van der Waals surface area contributed by atoms with E-state index in [1.54, 1.807) is 16.7 Å². The molecule has 0 radical (unpaired) electrons. The molecule has 0 aliphatic rings. The van der Waals surface area contributed by atoms with E-state index in [-0.39, 0.29) is 35.1 Å². The number of carbonyl (C=O) groups excluding carboxylic acids is 2. The molecule has 35 heavy (non-hydrogen) atoms. The van der Waals surface area contributed by atoms with Gasteiger partial charge in [-0.05, 0) is 36.8 Å². The topological polar surface area (TPSA) is 76.5 Å². The molecule has 1 aromatic carbocycles. The van der Waals surface area contributed by atoms with Crippen molar-refractivity contribution in [1.29, 1.82) is 0 Å². The number of ether oxygens (including phenoxy) is 1. The van der Waals surface area contributed by atoms with Gasteiger partial charge in [0.05, 0.1) is 24.5 Å². The monoisotopic (exact) mass is 484 g/mol. The molecule has 1 atom stereocenters. The highest BCUT2D eigenvalue weighted by Crippen LogP contribution is 2.27. The van der Waals surface area contributed by atoms with Crippen LogP contribution in [-0.2, 0) is 19.7 Å². The zero-order chi connectivity index (χ0) is 26.4. The van der Waals surface area contributed by atoms with Gasteiger partial charge < -0.3 is 15.0 Å². The van der Waals surface area contributed by atoms with Gasteiger partial charge in [0.2, 0.25) is 11.8 Å². The molecular formula is C28H44N4O3. The minimum atomic E-state index is -0.258. The Kier molecular flexibility index (Phi) is 9.67. The molecule has 0 spiro atoms. The highest BCUT2D eigenvalue weighted by atomic mass is 16.5. The maximum Gasteiger partial charge on any atom is 0.245 e. The van der Waals surface area contributed by atoms with Gasteiger partial charge in [0.15, 0.2) is 0 Å². The second-order valence-electron chi connectivity index (χ2n) is 11.8. The maximum atomic E-state index is 13.1. The smallest absolute Gasteiger partial charge is 0.245 e. The Morgan fingerprint density at radius 2 is 1.74 bits per heavy atom. The lowest BCUT2D eigenvalue weighted by atomic mass is 9.84. The molecule has 0 saturated carbocycles. The summed E-state index contributed by atoms with van der Waals surface area (Å²) in [5.41, 5.74) is 2.85. The SMILES string of the molecule is COCCN(CC(=O)Nc1cc(C(C)(C)C)nn1-c1ccc(C)cc1)C(=O)CC(C)CC(C)(C)C. The van der Waals surface area contributed by atoms with Gasteiger partial charge >= 0.3 is 0 Å². The molecule has 2 rings (SSSR count). The molecule has 2 amide bonds. The highest BCUT2D eigenvalue weighted by Gasteiger charge is 2.25. The standard InChI is InChI=1S/C28H44N4O3/c1-20-10-12-22(13-11-20)32-24(17-23(30-32)28(6,7)8)29-25(33)19-31(14-15-35-9)26(34)16-21(2)18-27(3,4)5/h10-13,17,21H,14-16,18-19H2,1-9H3,(H,29,33). The Hall–Kier alpha value is -2.67. The van der Waals surface area contributed by atoms with Gasteiger partial charge in [-0.3, -0.25) is 9.59 Å². The van der Waals surface area contributed by atoms with E-state index in [9.17, 15) is 9.59 Å². The lowest BCUT2D eigenvalue weighted by Crippen LogP contribution is -2.40. The van der Waals surface area contributed by atoms with Crippen LogP contribution in [0.4, 0.5) is 5.82 Å². The first kappa shape index (κ1) is 28.6. The summed E-state index contributed by atoms with van der Waals surface area (Å²) < 4.78 is 6.95. The van der Waals surface area contributed by atoms with E-state index < -0.39 is 0 Å². The molecule has 0 fully saturated rings. The first-order valence-electron chi connectivity index (χ1n) is 12.4. The number of hydrogen-bond acceptors (Lipinski definition) is 4. The fourth-order valence-corrected chi connectivity index (χ4v) is 4.11. The fourth-order valence-electron chi connectivity index (χ4n) is 4.11. The van der Waals surface area contributed by atoms with Crippen molar-refractivity contribution in [2.24, 2.45) is 11.3 Å². The number of nitrogens with one attached hydrogen (secondary N) is 1. The van der Waals surface area contributed by atoms with Gasteiger partial charge in [-0.2, -0.15) is 5.10 Å². The van der Waals surface area contributed by atoms with Crippen LogP contribution >= 0.6 is 0 Å². The number of amides is 2. The molecular weight excluding hydrogens is 440 g/mol. The van der Waals surface area contributed by atoms with Crippen molar-refractivity contribution < 1.29 is 14.3 Å². The Balaban J connectivity index is 2.21. The van der Waals surface area contributed by atoms with E-state index >= 15 is 0 Å². The third kappa shape index (κ3) is 9.13. The van der Waals surface area contributed by atoms with E-state index in [2.05, 4.69) is 53.8 Å². The first-order valence-corrected chi connectivity index (χ1v) is 12.4. The quantitative estimate of drug-likeness (QED) is 0.493. The summed E-state index contributed by atoms with van der Waals surface area (Å²) in [7, 11) is 1.60. The third-order valence-corrected chi connectivity index (χ3v) is 5.76. The third-order valence-electron chi connectivity index (χ3n) is 5.76. The zero-order valence-electron chi connectivity index (χ0n) is 23.1. The molecule has 7 nitrogen and oxygen atoms in total. The number of aromatic nitrogens is 2. The van der Waals surface area contributed by atoms with Gasteiger partial charge in [-0.15, -0.1) is 0 Å². The second-order valence-corrected chi connectivity index (χ2v) is 11.8. The summed E-state index contributed by atoms with van der Waals surface area (Å²) in [6.07, 6.45) is 1.35. The predicted molar refractivity (Wildman–Crippen MR) is 142 cm³/mol. The molecule has 2 aromatic rings. The number of aryl methyl sites for hydroxylation is 1. The summed E-state index contributed by atoms with van der Waals surface area (Å²) in [5, 5.41) is 7.77. The molecule has 1 N–H and O–H groups in total. The number of carbonyl (C=O) groups is 2. The summed E-state index contributed by atoms with van der Waals surface area (Å²) in [5.74, 6) is 0.528. The van der Waals surface area contributed by atoms with E-state index in [0.717, 1.165) is 23.4 Å². The van der Waals surface area contributed by atoms with Crippen LogP contribution in [0, 0.1) is 18.3 Å². The molecule has 0 saturated heterocycles. The molecule has 0 bridgehead atoms. The van der Waals surface area contributed by atoms with E-state index in [1.165, 1.54) is 0 Å². The van der Waals surface area contributed by atoms with Crippen LogP contribution in [0.5, 0.6) is 0 Å². The lowest BCUT2D eigenvalue weighted by Gasteiger charge is -2.26. The summed E-state index contributed by atoms with van der Waals surface area (Å²) in [6.45, 7) is 17.6. The molecule has 0 aliphatic carbocycles. The number of nitrogens with zero attached hydrogens (tertiary/aromatic N) is 3. The Labute approximate surface area is 211 Å². The fraction of sp³-hybridized carbons (Fsp3) is 0.607. The van der Waals surface area contributed by atoms with Gasteiger partial charge in [-0.25, -0.2) is 4.68 Å². The van der Waals surface area contributed by atoms with Crippen molar-refractivity contribution in [3.8, 4) is 5.69 Å². The van der Waals surface area contributed by atoms with Crippen LogP contribution in [0.1, 0.15) is 72.6 Å². The van der Waals surface area contributed by atoms with Crippen LogP contribution in [0.2, 0.25) is 0 Å². The van der Waals surface area contributed by atoms with Crippen molar-refractivity contribution in [3.63, 3.8) is 0 Å². The van der Waals surface area contributed by atoms with Crippen molar-refractivity contribution >= 4 is 17.6 Å². The van der Waals surface area contributed by atoms with Crippen LogP contribution < -0.4 is 5.32 Å². The van der Waals surface area contributed by atoms with E-state index in [1.807, 2.05) is 37.3 Å². The predicted octanol–water partition coefficient (Wildman–Crippen LogP) is 5.35. The van der Waals surface area contributed by atoms with Gasteiger partial charge in [-0.1, -0.05) is 66.2 Å². The Morgan fingerprint density at radius 1 is 1.11 bits per heavy atom. The number of methoxy groups -OCH3 is 1. The van der Waals surface area contributed by atoms with Crippen molar-refractivity contribution in [3.05, 3.63) is 41.6 Å². The molecule has 1 unspecified atom stereocenters. The van der Waals surface area contributed by atoms with Gasteiger partial charge in [0.25, 0.3) is 0 Å². The lowest BCUT2D eigenvalue weighted by molar-refractivity contribution is -0.136.